The van der Waals surface area contributed by atoms with E-state index in [2.05, 4.69) is 14.8 Å². The third kappa shape index (κ3) is 11.2. The summed E-state index contributed by atoms with van der Waals surface area (Å²) < 4.78 is 47.4. The highest BCUT2D eigenvalue weighted by atomic mass is 35.5. The van der Waals surface area contributed by atoms with Crippen molar-refractivity contribution < 1.29 is 57.1 Å². The summed E-state index contributed by atoms with van der Waals surface area (Å²) in [7, 11) is 0. The van der Waals surface area contributed by atoms with Crippen molar-refractivity contribution in [2.24, 2.45) is 0 Å². The first kappa shape index (κ1) is 37.8. The van der Waals surface area contributed by atoms with Gasteiger partial charge in [-0.05, 0) is 62.7 Å². The Labute approximate surface area is 266 Å². The average molecular weight is 669 g/mol. The van der Waals surface area contributed by atoms with Gasteiger partial charge in [-0.3, -0.25) is 0 Å². The van der Waals surface area contributed by atoms with E-state index in [1.807, 2.05) is 20.8 Å². The third-order valence-corrected chi connectivity index (χ3v) is 6.15. The Morgan fingerprint density at radius 2 is 1.24 bits per heavy atom. The van der Waals surface area contributed by atoms with Crippen molar-refractivity contribution in [1.82, 2.24) is 5.32 Å². The number of carbonyl (C=O) groups excluding carboxylic acids is 4. The van der Waals surface area contributed by atoms with Crippen molar-refractivity contribution in [3.05, 3.63) is 100 Å². The Morgan fingerprint density at radius 1 is 0.826 bits per heavy atom. The molecule has 3 rings (SSSR count). The summed E-state index contributed by atoms with van der Waals surface area (Å²) in [6, 6.07) is 16.4. The van der Waals surface area contributed by atoms with E-state index >= 15 is 0 Å². The van der Waals surface area contributed by atoms with E-state index in [1.54, 1.807) is 12.1 Å². The summed E-state index contributed by atoms with van der Waals surface area (Å²) >= 11 is 5.76. The Kier molecular flexibility index (Phi) is 13.4. The molecular formula is C31H32ClF3N2O9. The van der Waals surface area contributed by atoms with Gasteiger partial charge in [0.2, 0.25) is 0 Å². The Balaban J connectivity index is 0.000000332. The SMILES string of the molecule is CC(C)(C)NC(CO)c1cc(Cl)c(N)c(C(F)(F)F)c1.O=C(OC(=O)[C@H](O)[C@@H](O)C(=O)OC(=O)c1ccccc1)c1ccccc1. The molecule has 3 aromatic carbocycles. The fourth-order valence-electron chi connectivity index (χ4n) is 3.66. The predicted octanol–water partition coefficient (Wildman–Crippen LogP) is 3.84. The number of alkyl halides is 3. The highest BCUT2D eigenvalue weighted by molar-refractivity contribution is 6.33. The summed E-state index contributed by atoms with van der Waals surface area (Å²) in [6.45, 7) is 5.19. The first-order chi connectivity index (χ1) is 21.4. The van der Waals surface area contributed by atoms with Crippen LogP contribution < -0.4 is 11.1 Å². The second-order valence-corrected chi connectivity index (χ2v) is 11.0. The van der Waals surface area contributed by atoms with Crippen LogP contribution in [0.15, 0.2) is 72.8 Å². The van der Waals surface area contributed by atoms with Gasteiger partial charge in [-0.25, -0.2) is 19.2 Å². The fraction of sp³-hybridized carbons (Fsp3) is 0.290. The highest BCUT2D eigenvalue weighted by Crippen LogP contribution is 2.39. The molecule has 0 saturated heterocycles. The minimum Gasteiger partial charge on any atom is -0.397 e. The number of hydrogen-bond donors (Lipinski definition) is 5. The van der Waals surface area contributed by atoms with Gasteiger partial charge in [0.1, 0.15) is 0 Å². The Hall–Kier alpha value is -4.34. The smallest absolute Gasteiger partial charge is 0.397 e. The van der Waals surface area contributed by atoms with Crippen LogP contribution >= 0.6 is 11.6 Å². The normalized spacial score (nSPS) is 13.3. The van der Waals surface area contributed by atoms with Gasteiger partial charge in [0.25, 0.3) is 0 Å². The summed E-state index contributed by atoms with van der Waals surface area (Å²) in [6.07, 6.45) is -9.40. The summed E-state index contributed by atoms with van der Waals surface area (Å²) in [5, 5.41) is 31.5. The maximum absolute atomic E-state index is 12.9. The number of carbonyl (C=O) groups is 4. The molecule has 0 aliphatic carbocycles. The maximum Gasteiger partial charge on any atom is 0.418 e. The molecule has 0 bridgehead atoms. The molecule has 3 aromatic rings. The van der Waals surface area contributed by atoms with E-state index in [0.717, 1.165) is 6.07 Å². The second-order valence-electron chi connectivity index (χ2n) is 10.6. The van der Waals surface area contributed by atoms with E-state index in [4.69, 9.17) is 17.3 Å². The number of rotatable bonds is 8. The first-order valence-corrected chi connectivity index (χ1v) is 13.8. The van der Waals surface area contributed by atoms with Gasteiger partial charge in [-0.15, -0.1) is 0 Å². The van der Waals surface area contributed by atoms with E-state index in [9.17, 15) is 47.7 Å². The Bertz CT molecular complexity index is 1450. The lowest BCUT2D eigenvalue weighted by molar-refractivity contribution is -0.166. The zero-order chi connectivity index (χ0) is 34.8. The number of aliphatic hydroxyl groups is 3. The zero-order valence-electron chi connectivity index (χ0n) is 24.7. The van der Waals surface area contributed by atoms with Gasteiger partial charge in [-0.1, -0.05) is 48.0 Å². The molecule has 11 nitrogen and oxygen atoms in total. The van der Waals surface area contributed by atoms with Crippen LogP contribution in [0.5, 0.6) is 0 Å². The number of benzene rings is 3. The van der Waals surface area contributed by atoms with Crippen molar-refractivity contribution in [3.8, 4) is 0 Å². The third-order valence-electron chi connectivity index (χ3n) is 5.84. The number of ether oxygens (including phenoxy) is 2. The number of halogens is 4. The van der Waals surface area contributed by atoms with E-state index in [-0.39, 0.29) is 33.9 Å². The standard InChI is InChI=1S/C18H14O8.C13H18ClF3N2O/c19-13(17(23)25-15(21)11-7-3-1-4-8-11)14(20)18(24)26-16(22)12-9-5-2-6-10-12;1-12(2,3)19-10(6-20)7-4-8(13(15,16)17)11(18)9(14)5-7/h1-10,13-14,19-20H;4-5,10,19-20H,6,18H2,1-3H3/t13-,14-;/m1./s1. The van der Waals surface area contributed by atoms with Crippen molar-refractivity contribution in [2.75, 3.05) is 12.3 Å². The number of aliphatic hydroxyl groups excluding tert-OH is 3. The molecule has 0 aliphatic heterocycles. The minimum absolute atomic E-state index is 0.0318. The lowest BCUT2D eigenvalue weighted by Gasteiger charge is -2.28. The largest absolute Gasteiger partial charge is 0.418 e. The molecule has 1 unspecified atom stereocenters. The highest BCUT2D eigenvalue weighted by Gasteiger charge is 2.36. The van der Waals surface area contributed by atoms with Crippen molar-refractivity contribution >= 4 is 41.2 Å². The van der Waals surface area contributed by atoms with Crippen LogP contribution in [0.25, 0.3) is 0 Å². The lowest BCUT2D eigenvalue weighted by atomic mass is 9.99. The Morgan fingerprint density at radius 3 is 1.59 bits per heavy atom. The monoisotopic (exact) mass is 668 g/mol. The average Bonchev–Trinajstić information content (AvgIpc) is 3.00. The molecule has 6 N–H and O–H groups in total. The van der Waals surface area contributed by atoms with Gasteiger partial charge >= 0.3 is 30.1 Å². The molecule has 0 aliphatic rings. The number of nitrogens with two attached hydrogens (primary N) is 1. The summed E-state index contributed by atoms with van der Waals surface area (Å²) in [5.41, 5.74) is 3.81. The number of nitrogen functional groups attached to an aromatic ring is 1. The minimum atomic E-state index is -4.59. The van der Waals surface area contributed by atoms with Gasteiger partial charge in [0, 0.05) is 5.54 Å². The summed E-state index contributed by atoms with van der Waals surface area (Å²) in [4.78, 5) is 46.8. The van der Waals surface area contributed by atoms with E-state index in [1.165, 1.54) is 54.6 Å². The number of anilines is 1. The molecule has 248 valence electrons. The van der Waals surface area contributed by atoms with Crippen LogP contribution in [0.4, 0.5) is 18.9 Å². The van der Waals surface area contributed by atoms with Gasteiger partial charge < -0.3 is 35.8 Å². The molecule has 0 saturated carbocycles. The topological polar surface area (TPSA) is 185 Å². The second kappa shape index (κ2) is 16.3. The molecule has 46 heavy (non-hydrogen) atoms. The van der Waals surface area contributed by atoms with Crippen LogP contribution in [-0.2, 0) is 25.2 Å². The van der Waals surface area contributed by atoms with Gasteiger partial charge in [0.15, 0.2) is 12.2 Å². The van der Waals surface area contributed by atoms with E-state index in [0.29, 0.717) is 0 Å². The molecule has 0 spiro atoms. The first-order valence-electron chi connectivity index (χ1n) is 13.4. The van der Waals surface area contributed by atoms with Crippen LogP contribution in [0.1, 0.15) is 58.7 Å². The number of esters is 4. The van der Waals surface area contributed by atoms with Gasteiger partial charge in [-0.2, -0.15) is 13.2 Å². The van der Waals surface area contributed by atoms with Crippen molar-refractivity contribution in [1.29, 1.82) is 0 Å². The zero-order valence-corrected chi connectivity index (χ0v) is 25.5. The lowest BCUT2D eigenvalue weighted by Crippen LogP contribution is -2.43. The fourth-order valence-corrected chi connectivity index (χ4v) is 3.89. The van der Waals surface area contributed by atoms with Crippen LogP contribution in [0, 0.1) is 0 Å². The van der Waals surface area contributed by atoms with E-state index < -0.39 is 59.6 Å². The summed E-state index contributed by atoms with van der Waals surface area (Å²) in [5.74, 6) is -5.27. The van der Waals surface area contributed by atoms with Crippen molar-refractivity contribution in [2.45, 2.75) is 50.7 Å². The maximum atomic E-state index is 12.9. The molecule has 0 fully saturated rings. The van der Waals surface area contributed by atoms with Gasteiger partial charge in [0.05, 0.1) is 40.0 Å². The van der Waals surface area contributed by atoms with Crippen LogP contribution in [-0.4, -0.2) is 63.6 Å². The number of nitrogens with one attached hydrogen (secondary N) is 1. The molecule has 0 aromatic heterocycles. The molecule has 0 amide bonds. The molecule has 0 heterocycles. The molecular weight excluding hydrogens is 637 g/mol. The molecule has 15 heteroatoms. The van der Waals surface area contributed by atoms with Crippen LogP contribution in [0.2, 0.25) is 5.02 Å². The van der Waals surface area contributed by atoms with Crippen molar-refractivity contribution in [3.63, 3.8) is 0 Å². The molecule has 0 radical (unpaired) electrons. The quantitative estimate of drug-likeness (QED) is 0.133. The van der Waals surface area contributed by atoms with Crippen LogP contribution in [0.3, 0.4) is 0 Å². The molecule has 3 atom stereocenters. The number of hydrogen-bond acceptors (Lipinski definition) is 11. The predicted molar refractivity (Wildman–Crippen MR) is 159 cm³/mol.